The third-order valence-corrected chi connectivity index (χ3v) is 1.02. The molecule has 1 unspecified atom stereocenters. The molecule has 0 fully saturated rings. The van der Waals surface area contributed by atoms with E-state index >= 15 is 0 Å². The standard InChI is InChI=1S/C3H9N3O4S/c4-1-2(5)3(7)10-6-11(8)9/h2,11H,1,4-5H2,(H,6,8,9). The number of thiol groups is 1. The Labute approximate surface area is 64.7 Å². The molecule has 8 heteroatoms. The molecule has 0 heterocycles. The van der Waals surface area contributed by atoms with Crippen LogP contribution in [0.2, 0.25) is 0 Å². The number of nitrogens with one attached hydrogen (secondary N) is 1. The smallest absolute Gasteiger partial charge is 0.343 e. The molecule has 0 aliphatic heterocycles. The summed E-state index contributed by atoms with van der Waals surface area (Å²) in [6, 6.07) is -1.00. The van der Waals surface area contributed by atoms with Gasteiger partial charge < -0.3 is 16.3 Å². The highest BCUT2D eigenvalue weighted by Crippen LogP contribution is 1.78. The maximum absolute atomic E-state index is 10.5. The number of nitrogens with two attached hydrogens (primary N) is 2. The van der Waals surface area contributed by atoms with E-state index < -0.39 is 22.9 Å². The van der Waals surface area contributed by atoms with Crippen LogP contribution in [0.15, 0.2) is 0 Å². The van der Waals surface area contributed by atoms with E-state index in [1.807, 2.05) is 0 Å². The first-order valence-electron chi connectivity index (χ1n) is 2.64. The summed E-state index contributed by atoms with van der Waals surface area (Å²) in [5.74, 6) is -0.910. The predicted octanol–water partition coefficient (Wildman–Crippen LogP) is -3.15. The molecule has 0 rings (SSSR count). The summed E-state index contributed by atoms with van der Waals surface area (Å²) in [6.45, 7) is -0.101. The first kappa shape index (κ1) is 10.3. The van der Waals surface area contributed by atoms with Crippen molar-refractivity contribution in [2.24, 2.45) is 11.5 Å². The van der Waals surface area contributed by atoms with Crippen molar-refractivity contribution in [2.45, 2.75) is 6.04 Å². The molecule has 0 aliphatic carbocycles. The second kappa shape index (κ2) is 5.02. The Morgan fingerprint density at radius 1 is 1.64 bits per heavy atom. The van der Waals surface area contributed by atoms with E-state index in [-0.39, 0.29) is 6.54 Å². The maximum Gasteiger partial charge on any atom is 0.343 e. The highest BCUT2D eigenvalue weighted by molar-refractivity contribution is 7.70. The minimum Gasteiger partial charge on any atom is -0.354 e. The van der Waals surface area contributed by atoms with E-state index in [9.17, 15) is 13.2 Å². The van der Waals surface area contributed by atoms with Gasteiger partial charge in [-0.3, -0.25) is 0 Å². The highest BCUT2D eigenvalue weighted by Gasteiger charge is 2.12. The Hall–Kier alpha value is -0.700. The molecule has 0 aliphatic rings. The first-order valence-corrected chi connectivity index (χ1v) is 3.82. The minimum atomic E-state index is -2.95. The van der Waals surface area contributed by atoms with Crippen LogP contribution in [-0.4, -0.2) is 27.0 Å². The molecule has 0 bridgehead atoms. The lowest BCUT2D eigenvalue weighted by molar-refractivity contribution is -0.148. The fraction of sp³-hybridized carbons (Fsp3) is 0.667. The van der Waals surface area contributed by atoms with Crippen molar-refractivity contribution in [3.8, 4) is 0 Å². The van der Waals surface area contributed by atoms with Gasteiger partial charge in [0.15, 0.2) is 0 Å². The van der Waals surface area contributed by atoms with Gasteiger partial charge in [0, 0.05) is 6.54 Å². The Balaban J connectivity index is 3.69. The summed E-state index contributed by atoms with van der Waals surface area (Å²) >= 11 is 0. The Kier molecular flexibility index (Phi) is 4.70. The van der Waals surface area contributed by atoms with E-state index in [0.29, 0.717) is 0 Å². The van der Waals surface area contributed by atoms with Gasteiger partial charge in [-0.15, -0.1) is 0 Å². The lowest BCUT2D eigenvalue weighted by atomic mass is 10.3. The number of hydrogen-bond donors (Lipinski definition) is 4. The third-order valence-electron chi connectivity index (χ3n) is 0.777. The summed E-state index contributed by atoms with van der Waals surface area (Å²) in [5, 5.41) is 0. The maximum atomic E-state index is 10.5. The van der Waals surface area contributed by atoms with Crippen LogP contribution in [-0.2, 0) is 20.5 Å². The fourth-order valence-corrected chi connectivity index (χ4v) is 0.419. The molecule has 5 N–H and O–H groups in total. The molecule has 0 saturated heterocycles. The van der Waals surface area contributed by atoms with Crippen LogP contribution < -0.4 is 16.4 Å². The lowest BCUT2D eigenvalue weighted by Crippen LogP contribution is -2.41. The molecular weight excluding hydrogens is 174 g/mol. The Bertz CT molecular complexity index is 195. The molecule has 0 amide bonds. The van der Waals surface area contributed by atoms with Gasteiger partial charge in [0.2, 0.25) is 10.9 Å². The topological polar surface area (TPSA) is 125 Å². The van der Waals surface area contributed by atoms with Crippen LogP contribution >= 0.6 is 0 Å². The zero-order valence-electron chi connectivity index (χ0n) is 5.52. The molecular formula is C3H9N3O4S. The molecule has 0 spiro atoms. The second-order valence-electron chi connectivity index (χ2n) is 1.61. The van der Waals surface area contributed by atoms with Crippen LogP contribution in [0.1, 0.15) is 0 Å². The summed E-state index contributed by atoms with van der Waals surface area (Å²) in [4.78, 5) is 15.9. The molecule has 0 radical (unpaired) electrons. The second-order valence-corrected chi connectivity index (χ2v) is 2.31. The molecule has 66 valence electrons. The van der Waals surface area contributed by atoms with Gasteiger partial charge in [-0.05, 0) is 4.89 Å². The van der Waals surface area contributed by atoms with E-state index in [4.69, 9.17) is 11.5 Å². The largest absolute Gasteiger partial charge is 0.354 e. The number of carbonyl (C=O) groups is 1. The van der Waals surface area contributed by atoms with Gasteiger partial charge >= 0.3 is 5.97 Å². The van der Waals surface area contributed by atoms with Gasteiger partial charge in [-0.1, -0.05) is 0 Å². The van der Waals surface area contributed by atoms with Gasteiger partial charge in [-0.2, -0.15) is 0 Å². The average molecular weight is 183 g/mol. The molecule has 0 saturated carbocycles. The molecule has 11 heavy (non-hydrogen) atoms. The van der Waals surface area contributed by atoms with E-state index in [0.717, 1.165) is 0 Å². The van der Waals surface area contributed by atoms with Crippen molar-refractivity contribution in [1.29, 1.82) is 0 Å². The summed E-state index contributed by atoms with van der Waals surface area (Å²) in [6.07, 6.45) is 0. The first-order chi connectivity index (χ1) is 5.07. The minimum absolute atomic E-state index is 0.101. The number of rotatable bonds is 4. The van der Waals surface area contributed by atoms with E-state index in [1.54, 1.807) is 0 Å². The fourth-order valence-electron chi connectivity index (χ4n) is 0.254. The van der Waals surface area contributed by atoms with E-state index in [2.05, 4.69) is 4.84 Å². The highest BCUT2D eigenvalue weighted by atomic mass is 32.2. The lowest BCUT2D eigenvalue weighted by Gasteiger charge is -2.04. The van der Waals surface area contributed by atoms with Crippen molar-refractivity contribution < 1.29 is 18.0 Å². The van der Waals surface area contributed by atoms with Crippen molar-refractivity contribution in [2.75, 3.05) is 6.54 Å². The summed E-state index contributed by atoms with van der Waals surface area (Å²) in [7, 11) is -2.95. The van der Waals surface area contributed by atoms with Crippen molar-refractivity contribution in [3.05, 3.63) is 0 Å². The predicted molar refractivity (Wildman–Crippen MR) is 36.6 cm³/mol. The van der Waals surface area contributed by atoms with Crippen molar-refractivity contribution >= 4 is 16.9 Å². The summed E-state index contributed by atoms with van der Waals surface area (Å²) in [5.41, 5.74) is 10.0. The van der Waals surface area contributed by atoms with Crippen LogP contribution in [0.25, 0.3) is 0 Å². The molecule has 7 nitrogen and oxygen atoms in total. The van der Waals surface area contributed by atoms with Crippen LogP contribution in [0.3, 0.4) is 0 Å². The van der Waals surface area contributed by atoms with Gasteiger partial charge in [-0.25, -0.2) is 13.2 Å². The van der Waals surface area contributed by atoms with Crippen LogP contribution in [0, 0.1) is 0 Å². The Morgan fingerprint density at radius 3 is 2.55 bits per heavy atom. The zero-order chi connectivity index (χ0) is 8.85. The molecule has 0 aromatic rings. The average Bonchev–Trinajstić information content (AvgIpc) is 1.98. The quantitative estimate of drug-likeness (QED) is 0.269. The van der Waals surface area contributed by atoms with E-state index in [1.165, 1.54) is 4.89 Å². The SMILES string of the molecule is NCC(N)C(=O)ON[SH](=O)=O. The number of carbonyl (C=O) groups excluding carboxylic acids is 1. The molecule has 0 aromatic carbocycles. The van der Waals surface area contributed by atoms with Crippen molar-refractivity contribution in [3.63, 3.8) is 0 Å². The Morgan fingerprint density at radius 2 is 2.18 bits per heavy atom. The van der Waals surface area contributed by atoms with Gasteiger partial charge in [0.05, 0.1) is 0 Å². The normalized spacial score (nSPS) is 13.0. The molecule has 0 aromatic heterocycles. The monoisotopic (exact) mass is 183 g/mol. The van der Waals surface area contributed by atoms with Crippen molar-refractivity contribution in [1.82, 2.24) is 4.89 Å². The molecule has 1 atom stereocenters. The van der Waals surface area contributed by atoms with Crippen LogP contribution in [0.5, 0.6) is 0 Å². The summed E-state index contributed by atoms with van der Waals surface area (Å²) < 4.78 is 19.6. The van der Waals surface area contributed by atoms with Gasteiger partial charge in [0.1, 0.15) is 6.04 Å². The zero-order valence-corrected chi connectivity index (χ0v) is 6.41. The van der Waals surface area contributed by atoms with Gasteiger partial charge in [0.25, 0.3) is 0 Å². The van der Waals surface area contributed by atoms with Crippen LogP contribution in [0.4, 0.5) is 0 Å². The third kappa shape index (κ3) is 4.67. The number of hydrogen-bond acceptors (Lipinski definition) is 6.